The van der Waals surface area contributed by atoms with Crippen molar-refractivity contribution in [3.05, 3.63) is 66.0 Å². The van der Waals surface area contributed by atoms with Crippen LogP contribution >= 0.6 is 0 Å². The number of nitrogens with zero attached hydrogens (tertiary/aromatic N) is 2. The van der Waals surface area contributed by atoms with Gasteiger partial charge in [-0.15, -0.1) is 0 Å². The molecule has 3 atom stereocenters. The van der Waals surface area contributed by atoms with E-state index >= 15 is 0 Å². The maximum absolute atomic E-state index is 6.14. The minimum atomic E-state index is 0.149. The second-order valence-corrected chi connectivity index (χ2v) is 7.55. The largest absolute Gasteiger partial charge is 0.372 e. The first-order chi connectivity index (χ1) is 12.9. The SMILES string of the molecule is c1ccc(CN2CCC[C@@H](N[C@H]3CCCO[C@@H]3c3ccncc3)C2)cc1. The number of hydrogen-bond acceptors (Lipinski definition) is 4. The molecule has 3 heterocycles. The monoisotopic (exact) mass is 351 g/mol. The van der Waals surface area contributed by atoms with Crippen molar-refractivity contribution in [1.29, 1.82) is 0 Å². The lowest BCUT2D eigenvalue weighted by molar-refractivity contribution is -0.0169. The average Bonchev–Trinajstić information content (AvgIpc) is 2.70. The molecule has 2 aromatic rings. The van der Waals surface area contributed by atoms with E-state index in [2.05, 4.69) is 57.7 Å². The number of benzene rings is 1. The van der Waals surface area contributed by atoms with Crippen molar-refractivity contribution in [3.8, 4) is 0 Å². The summed E-state index contributed by atoms with van der Waals surface area (Å²) in [6, 6.07) is 15.9. The van der Waals surface area contributed by atoms with E-state index in [9.17, 15) is 0 Å². The number of piperidine rings is 1. The summed E-state index contributed by atoms with van der Waals surface area (Å²) in [6.07, 6.45) is 8.72. The van der Waals surface area contributed by atoms with Gasteiger partial charge in [0.2, 0.25) is 0 Å². The van der Waals surface area contributed by atoms with Gasteiger partial charge in [0.25, 0.3) is 0 Å². The Balaban J connectivity index is 1.37. The zero-order valence-corrected chi connectivity index (χ0v) is 15.4. The normalized spacial score (nSPS) is 27.3. The van der Waals surface area contributed by atoms with Gasteiger partial charge in [-0.2, -0.15) is 0 Å². The molecule has 4 nitrogen and oxygen atoms in total. The van der Waals surface area contributed by atoms with Crippen molar-refractivity contribution >= 4 is 0 Å². The first-order valence-electron chi connectivity index (χ1n) is 9.92. The third-order valence-electron chi connectivity index (χ3n) is 5.56. The summed E-state index contributed by atoms with van der Waals surface area (Å²) >= 11 is 0. The van der Waals surface area contributed by atoms with Gasteiger partial charge in [-0.3, -0.25) is 9.88 Å². The van der Waals surface area contributed by atoms with Crippen LogP contribution in [-0.2, 0) is 11.3 Å². The van der Waals surface area contributed by atoms with Crippen LogP contribution in [-0.4, -0.2) is 41.7 Å². The predicted octanol–water partition coefficient (Wildman–Crippen LogP) is 3.56. The van der Waals surface area contributed by atoms with Crippen molar-refractivity contribution in [1.82, 2.24) is 15.2 Å². The van der Waals surface area contributed by atoms with Crippen LogP contribution in [0.3, 0.4) is 0 Å². The van der Waals surface area contributed by atoms with E-state index in [0.717, 1.165) is 26.1 Å². The Bertz CT molecular complexity index is 664. The molecule has 0 radical (unpaired) electrons. The molecule has 26 heavy (non-hydrogen) atoms. The first kappa shape index (κ1) is 17.7. The summed E-state index contributed by atoms with van der Waals surface area (Å²) in [5.74, 6) is 0. The molecule has 2 fully saturated rings. The molecule has 138 valence electrons. The van der Waals surface area contributed by atoms with Gasteiger partial charge < -0.3 is 10.1 Å². The highest BCUT2D eigenvalue weighted by Gasteiger charge is 2.30. The molecule has 4 rings (SSSR count). The van der Waals surface area contributed by atoms with E-state index in [1.165, 1.54) is 36.9 Å². The van der Waals surface area contributed by atoms with Crippen LogP contribution < -0.4 is 5.32 Å². The van der Waals surface area contributed by atoms with Crippen molar-refractivity contribution in [2.24, 2.45) is 0 Å². The molecule has 1 N–H and O–H groups in total. The molecule has 0 unspecified atom stereocenters. The van der Waals surface area contributed by atoms with Crippen LogP contribution in [0.15, 0.2) is 54.9 Å². The van der Waals surface area contributed by atoms with E-state index in [-0.39, 0.29) is 6.10 Å². The summed E-state index contributed by atoms with van der Waals surface area (Å²) < 4.78 is 6.14. The third-order valence-corrected chi connectivity index (χ3v) is 5.56. The fraction of sp³-hybridized carbons (Fsp3) is 0.500. The predicted molar refractivity (Wildman–Crippen MR) is 104 cm³/mol. The van der Waals surface area contributed by atoms with E-state index in [0.29, 0.717) is 12.1 Å². The minimum Gasteiger partial charge on any atom is -0.372 e. The van der Waals surface area contributed by atoms with Crippen LogP contribution in [0, 0.1) is 0 Å². The van der Waals surface area contributed by atoms with Crippen LogP contribution in [0.1, 0.15) is 42.9 Å². The Morgan fingerprint density at radius 1 is 1.04 bits per heavy atom. The van der Waals surface area contributed by atoms with Gasteiger partial charge in [-0.05, 0) is 55.5 Å². The molecule has 0 saturated carbocycles. The summed E-state index contributed by atoms with van der Waals surface area (Å²) in [4.78, 5) is 6.73. The zero-order valence-electron chi connectivity index (χ0n) is 15.4. The molecule has 0 bridgehead atoms. The molecule has 4 heteroatoms. The number of aromatic nitrogens is 1. The van der Waals surface area contributed by atoms with E-state index < -0.39 is 0 Å². The summed E-state index contributed by atoms with van der Waals surface area (Å²) in [7, 11) is 0. The van der Waals surface area contributed by atoms with Crippen molar-refractivity contribution in [2.45, 2.75) is 50.4 Å². The first-order valence-corrected chi connectivity index (χ1v) is 9.92. The highest BCUT2D eigenvalue weighted by Crippen LogP contribution is 2.29. The van der Waals surface area contributed by atoms with Gasteiger partial charge in [0, 0.05) is 44.2 Å². The smallest absolute Gasteiger partial charge is 0.0978 e. The van der Waals surface area contributed by atoms with E-state index in [1.54, 1.807) is 0 Å². The zero-order chi connectivity index (χ0) is 17.6. The molecule has 2 aliphatic rings. The summed E-state index contributed by atoms with van der Waals surface area (Å²) in [5, 5.41) is 3.94. The lowest BCUT2D eigenvalue weighted by Gasteiger charge is -2.39. The molecule has 1 aromatic carbocycles. The van der Waals surface area contributed by atoms with Crippen LogP contribution in [0.4, 0.5) is 0 Å². The molecular weight excluding hydrogens is 322 g/mol. The van der Waals surface area contributed by atoms with Crippen molar-refractivity contribution < 1.29 is 4.74 Å². The van der Waals surface area contributed by atoms with E-state index in [4.69, 9.17) is 4.74 Å². The number of hydrogen-bond donors (Lipinski definition) is 1. The second kappa shape index (κ2) is 8.76. The number of pyridine rings is 1. The molecule has 0 aliphatic carbocycles. The van der Waals surface area contributed by atoms with Crippen molar-refractivity contribution in [3.63, 3.8) is 0 Å². The van der Waals surface area contributed by atoms with Gasteiger partial charge >= 0.3 is 0 Å². The van der Waals surface area contributed by atoms with Gasteiger partial charge in [0.05, 0.1) is 6.10 Å². The highest BCUT2D eigenvalue weighted by atomic mass is 16.5. The van der Waals surface area contributed by atoms with Crippen molar-refractivity contribution in [2.75, 3.05) is 19.7 Å². The maximum Gasteiger partial charge on any atom is 0.0978 e. The Morgan fingerprint density at radius 3 is 2.73 bits per heavy atom. The lowest BCUT2D eigenvalue weighted by atomic mass is 9.94. The van der Waals surface area contributed by atoms with Crippen LogP contribution in [0.25, 0.3) is 0 Å². The number of rotatable bonds is 5. The topological polar surface area (TPSA) is 37.4 Å². The lowest BCUT2D eigenvalue weighted by Crippen LogP contribution is -2.51. The van der Waals surface area contributed by atoms with Gasteiger partial charge in [-0.1, -0.05) is 30.3 Å². The fourth-order valence-corrected chi connectivity index (χ4v) is 4.31. The molecule has 1 aromatic heterocycles. The quantitative estimate of drug-likeness (QED) is 0.894. The Hall–Kier alpha value is -1.75. The minimum absolute atomic E-state index is 0.149. The molecular formula is C22H29N3O. The molecule has 2 saturated heterocycles. The molecule has 2 aliphatic heterocycles. The maximum atomic E-state index is 6.14. The van der Waals surface area contributed by atoms with Crippen LogP contribution in [0.5, 0.6) is 0 Å². The van der Waals surface area contributed by atoms with Gasteiger partial charge in [0.1, 0.15) is 0 Å². The number of nitrogens with one attached hydrogen (secondary N) is 1. The molecule has 0 spiro atoms. The number of ether oxygens (including phenoxy) is 1. The van der Waals surface area contributed by atoms with Gasteiger partial charge in [-0.25, -0.2) is 0 Å². The summed E-state index contributed by atoms with van der Waals surface area (Å²) in [5.41, 5.74) is 2.65. The van der Waals surface area contributed by atoms with Gasteiger partial charge in [0.15, 0.2) is 0 Å². The van der Waals surface area contributed by atoms with E-state index in [1.807, 2.05) is 12.4 Å². The Labute approximate surface area is 156 Å². The van der Waals surface area contributed by atoms with Crippen LogP contribution in [0.2, 0.25) is 0 Å². The number of likely N-dealkylation sites (tertiary alicyclic amines) is 1. The average molecular weight is 351 g/mol. The third kappa shape index (κ3) is 4.50. The fourth-order valence-electron chi connectivity index (χ4n) is 4.31. The standard InChI is InChI=1S/C22H29N3O/c1-2-6-18(7-3-1)16-25-14-4-8-20(17-25)24-21-9-5-15-26-22(21)19-10-12-23-13-11-19/h1-3,6-7,10-13,20-22,24H,4-5,8-9,14-17H2/t20-,21+,22-/m1/s1. The Kier molecular flexibility index (Phi) is 5.95. The summed E-state index contributed by atoms with van der Waals surface area (Å²) in [6.45, 7) is 4.22. The molecule has 0 amide bonds. The Morgan fingerprint density at radius 2 is 1.88 bits per heavy atom. The highest BCUT2D eigenvalue weighted by molar-refractivity contribution is 5.17. The second-order valence-electron chi connectivity index (χ2n) is 7.55.